The molecule has 0 unspecified atom stereocenters. The average molecular weight is 205 g/mol. The number of rotatable bonds is 5. The van der Waals surface area contributed by atoms with Crippen molar-refractivity contribution in [2.75, 3.05) is 25.1 Å². The van der Waals surface area contributed by atoms with Crippen molar-refractivity contribution in [2.45, 2.75) is 26.2 Å². The maximum absolute atomic E-state index is 5.29. The molecule has 0 aliphatic heterocycles. The van der Waals surface area contributed by atoms with Crippen LogP contribution in [0.5, 0.6) is 0 Å². The Morgan fingerprint density at radius 2 is 2.13 bits per heavy atom. The van der Waals surface area contributed by atoms with Gasteiger partial charge in [-0.3, -0.25) is 0 Å². The lowest BCUT2D eigenvalue weighted by atomic mass is 10.1. The van der Waals surface area contributed by atoms with Crippen LogP contribution in [0.2, 0.25) is 0 Å². The second-order valence-corrected chi connectivity index (χ2v) is 3.96. The van der Waals surface area contributed by atoms with Gasteiger partial charge in [-0.1, -0.05) is 6.07 Å². The van der Waals surface area contributed by atoms with Crippen molar-refractivity contribution in [3.05, 3.63) is 29.3 Å². The quantitative estimate of drug-likeness (QED) is 0.746. The molecule has 0 saturated carbocycles. The van der Waals surface area contributed by atoms with Crippen molar-refractivity contribution in [1.82, 2.24) is 0 Å². The summed E-state index contributed by atoms with van der Waals surface area (Å²) in [7, 11) is 0. The number of anilines is 1. The van der Waals surface area contributed by atoms with Crippen LogP contribution in [0.1, 0.15) is 24.5 Å². The predicted molar refractivity (Wildman–Crippen MR) is 63.4 cm³/mol. The van der Waals surface area contributed by atoms with E-state index >= 15 is 0 Å². The Hall–Kier alpha value is -1.02. The molecule has 0 spiro atoms. The van der Waals surface area contributed by atoms with E-state index < -0.39 is 0 Å². The number of aryl methyl sites for hydroxylation is 2. The second-order valence-electron chi connectivity index (χ2n) is 3.96. The van der Waals surface area contributed by atoms with Crippen LogP contribution < -0.4 is 5.32 Å². The summed E-state index contributed by atoms with van der Waals surface area (Å²) in [5.41, 5.74) is 4.29. The fourth-order valence-electron chi connectivity index (χ4n) is 2.09. The Kier molecular flexibility index (Phi) is 3.62. The average Bonchev–Trinajstić information content (AvgIpc) is 2.71. The zero-order valence-corrected chi connectivity index (χ0v) is 9.38. The van der Waals surface area contributed by atoms with Gasteiger partial charge in [0.05, 0.1) is 6.61 Å². The van der Waals surface area contributed by atoms with E-state index in [0.717, 1.165) is 19.8 Å². The van der Waals surface area contributed by atoms with Crippen LogP contribution in [0.25, 0.3) is 0 Å². The minimum Gasteiger partial charge on any atom is -0.383 e. The molecule has 2 rings (SSSR count). The highest BCUT2D eigenvalue weighted by atomic mass is 16.5. The molecule has 0 aromatic heterocycles. The van der Waals surface area contributed by atoms with E-state index in [2.05, 4.69) is 23.5 Å². The number of ether oxygens (including phenoxy) is 1. The Morgan fingerprint density at radius 1 is 1.27 bits per heavy atom. The summed E-state index contributed by atoms with van der Waals surface area (Å²) >= 11 is 0. The van der Waals surface area contributed by atoms with E-state index in [1.165, 1.54) is 36.1 Å². The minimum atomic E-state index is 0.785. The highest BCUT2D eigenvalue weighted by Gasteiger charge is 2.10. The normalized spacial score (nSPS) is 13.9. The van der Waals surface area contributed by atoms with Gasteiger partial charge in [0.15, 0.2) is 0 Å². The molecule has 1 N–H and O–H groups in total. The van der Waals surface area contributed by atoms with Crippen LogP contribution in [0.4, 0.5) is 5.69 Å². The standard InChI is InChI=1S/C13H19NO/c1-2-15-9-8-14-13-7-6-11-4-3-5-12(11)10-13/h6-7,10,14H,2-5,8-9H2,1H3. The first-order chi connectivity index (χ1) is 7.40. The summed E-state index contributed by atoms with van der Waals surface area (Å²) in [6.07, 6.45) is 3.82. The summed E-state index contributed by atoms with van der Waals surface area (Å²) in [5.74, 6) is 0. The summed E-state index contributed by atoms with van der Waals surface area (Å²) in [6.45, 7) is 4.50. The zero-order chi connectivity index (χ0) is 10.5. The first-order valence-electron chi connectivity index (χ1n) is 5.83. The van der Waals surface area contributed by atoms with Crippen molar-refractivity contribution in [3.63, 3.8) is 0 Å². The van der Waals surface area contributed by atoms with Gasteiger partial charge >= 0.3 is 0 Å². The Bertz CT molecular complexity index is 322. The molecule has 1 aromatic carbocycles. The van der Waals surface area contributed by atoms with Gasteiger partial charge in [-0.2, -0.15) is 0 Å². The molecule has 0 saturated heterocycles. The van der Waals surface area contributed by atoms with E-state index in [1.807, 2.05) is 6.92 Å². The summed E-state index contributed by atoms with van der Waals surface area (Å²) in [4.78, 5) is 0. The monoisotopic (exact) mass is 205 g/mol. The lowest BCUT2D eigenvalue weighted by Gasteiger charge is -2.08. The Balaban J connectivity index is 1.87. The molecule has 2 nitrogen and oxygen atoms in total. The van der Waals surface area contributed by atoms with Gasteiger partial charge in [0.25, 0.3) is 0 Å². The molecule has 0 amide bonds. The molecule has 0 fully saturated rings. The largest absolute Gasteiger partial charge is 0.383 e. The molecular formula is C13H19NO. The summed E-state index contributed by atoms with van der Waals surface area (Å²) in [6, 6.07) is 6.72. The van der Waals surface area contributed by atoms with Crippen LogP contribution in [-0.4, -0.2) is 19.8 Å². The highest BCUT2D eigenvalue weighted by molar-refractivity contribution is 5.50. The van der Waals surface area contributed by atoms with Gasteiger partial charge in [0.2, 0.25) is 0 Å². The topological polar surface area (TPSA) is 21.3 Å². The predicted octanol–water partition coefficient (Wildman–Crippen LogP) is 2.62. The van der Waals surface area contributed by atoms with Gasteiger partial charge in [-0.15, -0.1) is 0 Å². The Labute approximate surface area is 91.6 Å². The van der Waals surface area contributed by atoms with Crippen LogP contribution in [0, 0.1) is 0 Å². The molecule has 0 radical (unpaired) electrons. The molecular weight excluding hydrogens is 186 g/mol. The van der Waals surface area contributed by atoms with E-state index in [1.54, 1.807) is 0 Å². The molecule has 2 heteroatoms. The van der Waals surface area contributed by atoms with Crippen LogP contribution in [0.15, 0.2) is 18.2 Å². The van der Waals surface area contributed by atoms with Gasteiger partial charge in [0.1, 0.15) is 0 Å². The molecule has 82 valence electrons. The van der Waals surface area contributed by atoms with Crippen molar-refractivity contribution in [3.8, 4) is 0 Å². The number of hydrogen-bond acceptors (Lipinski definition) is 2. The molecule has 1 aliphatic rings. The van der Waals surface area contributed by atoms with E-state index in [0.29, 0.717) is 0 Å². The van der Waals surface area contributed by atoms with E-state index in [9.17, 15) is 0 Å². The van der Waals surface area contributed by atoms with Crippen molar-refractivity contribution < 1.29 is 4.74 Å². The molecule has 0 bridgehead atoms. The first-order valence-corrected chi connectivity index (χ1v) is 5.83. The fourth-order valence-corrected chi connectivity index (χ4v) is 2.09. The zero-order valence-electron chi connectivity index (χ0n) is 9.38. The van der Waals surface area contributed by atoms with Gasteiger partial charge < -0.3 is 10.1 Å². The van der Waals surface area contributed by atoms with Crippen molar-refractivity contribution in [2.24, 2.45) is 0 Å². The van der Waals surface area contributed by atoms with E-state index in [4.69, 9.17) is 4.74 Å². The lowest BCUT2D eigenvalue weighted by Crippen LogP contribution is -2.09. The SMILES string of the molecule is CCOCCNc1ccc2c(c1)CCC2. The smallest absolute Gasteiger partial charge is 0.0638 e. The summed E-state index contributed by atoms with van der Waals surface area (Å²) < 4.78 is 5.29. The number of nitrogens with one attached hydrogen (secondary N) is 1. The number of fused-ring (bicyclic) bond motifs is 1. The minimum absolute atomic E-state index is 0.785. The summed E-state index contributed by atoms with van der Waals surface area (Å²) in [5, 5.41) is 3.38. The van der Waals surface area contributed by atoms with Gasteiger partial charge in [-0.05, 0) is 49.4 Å². The van der Waals surface area contributed by atoms with Gasteiger partial charge in [-0.25, -0.2) is 0 Å². The third-order valence-corrected chi connectivity index (χ3v) is 2.88. The van der Waals surface area contributed by atoms with Crippen molar-refractivity contribution >= 4 is 5.69 Å². The molecule has 15 heavy (non-hydrogen) atoms. The third kappa shape index (κ3) is 2.72. The maximum Gasteiger partial charge on any atom is 0.0638 e. The number of benzene rings is 1. The molecule has 1 aliphatic carbocycles. The molecule has 0 atom stereocenters. The van der Waals surface area contributed by atoms with Crippen LogP contribution in [-0.2, 0) is 17.6 Å². The lowest BCUT2D eigenvalue weighted by molar-refractivity contribution is 0.158. The number of hydrogen-bond donors (Lipinski definition) is 1. The van der Waals surface area contributed by atoms with E-state index in [-0.39, 0.29) is 0 Å². The van der Waals surface area contributed by atoms with Crippen LogP contribution in [0.3, 0.4) is 0 Å². The molecule has 1 aromatic rings. The van der Waals surface area contributed by atoms with Crippen LogP contribution >= 0.6 is 0 Å². The third-order valence-electron chi connectivity index (χ3n) is 2.88. The van der Waals surface area contributed by atoms with Crippen molar-refractivity contribution in [1.29, 1.82) is 0 Å². The van der Waals surface area contributed by atoms with Gasteiger partial charge in [0, 0.05) is 18.8 Å². The molecule has 0 heterocycles. The fraction of sp³-hybridized carbons (Fsp3) is 0.538. The second kappa shape index (κ2) is 5.17. The Morgan fingerprint density at radius 3 is 3.00 bits per heavy atom. The highest BCUT2D eigenvalue weighted by Crippen LogP contribution is 2.24. The first kappa shape index (κ1) is 10.5. The maximum atomic E-state index is 5.29.